The average Bonchev–Trinajstić information content (AvgIpc) is 3.63. The van der Waals surface area contributed by atoms with E-state index in [9.17, 15) is 24.3 Å². The summed E-state index contributed by atoms with van der Waals surface area (Å²) in [4.78, 5) is 57.1. The van der Waals surface area contributed by atoms with E-state index in [-0.39, 0.29) is 24.7 Å². The number of nitrogens with one attached hydrogen (secondary N) is 1. The Kier molecular flexibility index (Phi) is 8.87. The van der Waals surface area contributed by atoms with Crippen molar-refractivity contribution in [3.8, 4) is 33.4 Å². The Morgan fingerprint density at radius 2 is 1.52 bits per heavy atom. The molecule has 3 fully saturated rings. The van der Waals surface area contributed by atoms with Crippen molar-refractivity contribution in [1.82, 2.24) is 15.1 Å². The van der Waals surface area contributed by atoms with Gasteiger partial charge in [-0.05, 0) is 84.8 Å². The van der Waals surface area contributed by atoms with Gasteiger partial charge in [0.2, 0.25) is 11.8 Å². The van der Waals surface area contributed by atoms with Crippen LogP contribution in [0.4, 0.5) is 5.69 Å². The number of halogens is 1. The van der Waals surface area contributed by atoms with E-state index in [4.69, 9.17) is 9.47 Å². The van der Waals surface area contributed by atoms with Gasteiger partial charge in [0.05, 0.1) is 16.0 Å². The number of carbonyl (C=O) groups is 4. The number of benzene rings is 4. The van der Waals surface area contributed by atoms with Gasteiger partial charge in [-0.15, -0.1) is 11.3 Å². The summed E-state index contributed by atoms with van der Waals surface area (Å²) in [6, 6.07) is 25.9. The molecule has 0 bridgehead atoms. The second-order valence-corrected chi connectivity index (χ2v) is 16.1. The Morgan fingerprint density at radius 1 is 0.796 bits per heavy atom. The molecular weight excluding hydrogens is 772 g/mol. The van der Waals surface area contributed by atoms with Crippen LogP contribution in [0, 0.1) is 0 Å². The average molecular weight is 808 g/mol. The van der Waals surface area contributed by atoms with Gasteiger partial charge in [-0.3, -0.25) is 34.3 Å². The van der Waals surface area contributed by atoms with E-state index in [0.717, 1.165) is 86.1 Å². The molecular formula is C41H35BrN4O7S. The van der Waals surface area contributed by atoms with Gasteiger partial charge in [-0.1, -0.05) is 28.1 Å². The number of thiophene rings is 1. The molecule has 4 heterocycles. The molecule has 4 amide bonds. The molecule has 54 heavy (non-hydrogen) atoms. The van der Waals surface area contributed by atoms with Gasteiger partial charge >= 0.3 is 0 Å². The van der Waals surface area contributed by atoms with Gasteiger partial charge < -0.3 is 19.5 Å². The van der Waals surface area contributed by atoms with Crippen LogP contribution in [0.1, 0.15) is 46.4 Å². The van der Waals surface area contributed by atoms with Gasteiger partial charge in [0.1, 0.15) is 29.4 Å². The Balaban J connectivity index is 0.784. The van der Waals surface area contributed by atoms with Crippen molar-refractivity contribution in [2.24, 2.45) is 0 Å². The lowest BCUT2D eigenvalue weighted by Crippen LogP contribution is -2.56. The number of hydrogen-bond donors (Lipinski definition) is 2. The number of piperidine rings is 1. The largest absolute Gasteiger partial charge is 0.508 e. The van der Waals surface area contributed by atoms with Crippen molar-refractivity contribution in [3.63, 3.8) is 0 Å². The van der Waals surface area contributed by atoms with Crippen molar-refractivity contribution >= 4 is 66.7 Å². The molecule has 5 aromatic rings. The minimum atomic E-state index is -0.974. The number of phenolic OH excluding ortho intramolecular Hbond substituents is 1. The standard InChI is InChI=1S/C41H35BrN4O7S/c42-24-3-1-23(2-4-24)38-37(32-12-6-27(47)22-35(32)54-38)53-29-9-7-28(8-10-29)52-30-19-26(20-30)45-17-15-44(16-18-45)25-5-11-31-33(21-25)41(51)46(40(31)50)34-13-14-36(48)43-39(34)49/h1-12,21-22,26,30,34,47H,13-20H2,(H,43,48,49). The number of nitrogens with zero attached hydrogens (tertiary/aromatic N) is 3. The summed E-state index contributed by atoms with van der Waals surface area (Å²) in [6.07, 6.45) is 2.23. The zero-order valence-corrected chi connectivity index (χ0v) is 31.4. The molecule has 13 heteroatoms. The molecule has 4 aliphatic rings. The summed E-state index contributed by atoms with van der Waals surface area (Å²) in [5.41, 5.74) is 2.50. The second kappa shape index (κ2) is 13.9. The minimum absolute atomic E-state index is 0.0910. The van der Waals surface area contributed by atoms with E-state index in [2.05, 4.69) is 31.0 Å². The maximum absolute atomic E-state index is 13.3. The van der Waals surface area contributed by atoms with Gasteiger partial charge in [0.25, 0.3) is 11.8 Å². The first-order valence-corrected chi connectivity index (χ1v) is 19.6. The number of phenols is 1. The minimum Gasteiger partial charge on any atom is -0.508 e. The zero-order chi connectivity index (χ0) is 37.1. The fourth-order valence-corrected chi connectivity index (χ4v) is 9.22. The van der Waals surface area contributed by atoms with E-state index in [1.807, 2.05) is 60.7 Å². The molecule has 274 valence electrons. The number of piperazine rings is 1. The van der Waals surface area contributed by atoms with E-state index in [1.54, 1.807) is 35.6 Å². The van der Waals surface area contributed by atoms with Crippen molar-refractivity contribution in [1.29, 1.82) is 0 Å². The third-order valence-electron chi connectivity index (χ3n) is 10.8. The third-order valence-corrected chi connectivity index (χ3v) is 12.5. The zero-order valence-electron chi connectivity index (χ0n) is 29.0. The molecule has 1 atom stereocenters. The number of aromatic hydroxyl groups is 1. The summed E-state index contributed by atoms with van der Waals surface area (Å²) < 4.78 is 14.8. The maximum atomic E-state index is 13.3. The highest BCUT2D eigenvalue weighted by atomic mass is 79.9. The van der Waals surface area contributed by atoms with Crippen LogP contribution in [0.25, 0.3) is 20.5 Å². The number of fused-ring (bicyclic) bond motifs is 2. The summed E-state index contributed by atoms with van der Waals surface area (Å²) in [6.45, 7) is 3.31. The fraction of sp³-hybridized carbons (Fsp3) is 0.268. The highest BCUT2D eigenvalue weighted by Gasteiger charge is 2.45. The van der Waals surface area contributed by atoms with Gasteiger partial charge in [-0.25, -0.2) is 0 Å². The number of hydrogen-bond acceptors (Lipinski definition) is 10. The molecule has 2 saturated heterocycles. The lowest BCUT2D eigenvalue weighted by molar-refractivity contribution is -0.136. The first-order chi connectivity index (χ1) is 26.2. The quantitative estimate of drug-likeness (QED) is 0.160. The summed E-state index contributed by atoms with van der Waals surface area (Å²) in [7, 11) is 0. The van der Waals surface area contributed by atoms with Crippen LogP contribution in [-0.4, -0.2) is 82.9 Å². The van der Waals surface area contributed by atoms with Crippen LogP contribution in [0.5, 0.6) is 23.0 Å². The van der Waals surface area contributed by atoms with Crippen LogP contribution >= 0.6 is 27.3 Å². The lowest BCUT2D eigenvalue weighted by atomic mass is 9.87. The van der Waals surface area contributed by atoms with E-state index < -0.39 is 29.7 Å². The van der Waals surface area contributed by atoms with E-state index in [0.29, 0.717) is 22.9 Å². The molecule has 0 spiro atoms. The first kappa shape index (κ1) is 34.5. The number of ether oxygens (including phenoxy) is 2. The van der Waals surface area contributed by atoms with Crippen LogP contribution in [0.2, 0.25) is 0 Å². The molecule has 1 saturated carbocycles. The van der Waals surface area contributed by atoms with Gasteiger partial charge in [0, 0.05) is 71.7 Å². The maximum Gasteiger partial charge on any atom is 0.262 e. The van der Waals surface area contributed by atoms with Crippen molar-refractivity contribution in [3.05, 3.63) is 101 Å². The van der Waals surface area contributed by atoms with Crippen LogP contribution in [-0.2, 0) is 9.59 Å². The Labute approximate surface area is 323 Å². The molecule has 9 rings (SSSR count). The van der Waals surface area contributed by atoms with E-state index >= 15 is 0 Å². The Bertz CT molecular complexity index is 2310. The smallest absolute Gasteiger partial charge is 0.262 e. The number of anilines is 1. The van der Waals surface area contributed by atoms with Crippen molar-refractivity contribution < 1.29 is 33.8 Å². The third kappa shape index (κ3) is 6.39. The highest BCUT2D eigenvalue weighted by molar-refractivity contribution is 9.10. The molecule has 1 aromatic heterocycles. The molecule has 3 aliphatic heterocycles. The monoisotopic (exact) mass is 806 g/mol. The number of imide groups is 2. The summed E-state index contributed by atoms with van der Waals surface area (Å²) in [5.74, 6) is 0.482. The molecule has 1 unspecified atom stereocenters. The van der Waals surface area contributed by atoms with Gasteiger partial charge in [0.15, 0.2) is 5.75 Å². The lowest BCUT2D eigenvalue weighted by Gasteiger charge is -2.46. The number of rotatable bonds is 8. The SMILES string of the molecule is O=C1CCC(N2C(=O)c3ccc(N4CCN(C5CC(Oc6ccc(Oc7c(-c8ccc(Br)cc8)sc8cc(O)ccc78)cc6)C5)CC4)cc3C2=O)C(=O)N1. The Morgan fingerprint density at radius 3 is 2.26 bits per heavy atom. The van der Waals surface area contributed by atoms with Crippen molar-refractivity contribution in [2.75, 3.05) is 31.1 Å². The highest BCUT2D eigenvalue weighted by Crippen LogP contribution is 2.47. The fourth-order valence-electron chi connectivity index (χ4n) is 7.78. The topological polar surface area (TPSA) is 129 Å². The predicted molar refractivity (Wildman–Crippen MR) is 207 cm³/mol. The van der Waals surface area contributed by atoms with Crippen LogP contribution < -0.4 is 19.7 Å². The molecule has 1 aliphatic carbocycles. The molecule has 0 radical (unpaired) electrons. The second-order valence-electron chi connectivity index (χ2n) is 14.1. The summed E-state index contributed by atoms with van der Waals surface area (Å²) >= 11 is 5.10. The van der Waals surface area contributed by atoms with Crippen molar-refractivity contribution in [2.45, 2.75) is 43.9 Å². The number of amides is 4. The van der Waals surface area contributed by atoms with E-state index in [1.165, 1.54) is 0 Å². The summed E-state index contributed by atoms with van der Waals surface area (Å²) in [5, 5.41) is 13.3. The number of carbonyl (C=O) groups excluding carboxylic acids is 4. The molecule has 11 nitrogen and oxygen atoms in total. The first-order valence-electron chi connectivity index (χ1n) is 18.0. The molecule has 2 N–H and O–H groups in total. The van der Waals surface area contributed by atoms with Crippen LogP contribution in [0.3, 0.4) is 0 Å². The predicted octanol–water partition coefficient (Wildman–Crippen LogP) is 6.96. The normalized spacial score (nSPS) is 21.6. The van der Waals surface area contributed by atoms with Crippen LogP contribution in [0.15, 0.2) is 89.4 Å². The Hall–Kier alpha value is -5.24. The van der Waals surface area contributed by atoms with Gasteiger partial charge in [-0.2, -0.15) is 0 Å². The molecule has 4 aromatic carbocycles.